The molecule has 0 aliphatic heterocycles. The summed E-state index contributed by atoms with van der Waals surface area (Å²) in [4.78, 5) is 27.3. The fourth-order valence-electron chi connectivity index (χ4n) is 3.43. The van der Waals surface area contributed by atoms with E-state index in [1.807, 2.05) is 30.3 Å². The molecule has 3 rings (SSSR count). The Morgan fingerprint density at radius 2 is 1.60 bits per heavy atom. The Morgan fingerprint density at radius 3 is 2.23 bits per heavy atom. The van der Waals surface area contributed by atoms with Crippen molar-refractivity contribution in [1.82, 2.24) is 10.0 Å². The zero-order chi connectivity index (χ0) is 25.4. The summed E-state index contributed by atoms with van der Waals surface area (Å²) < 4.78 is 32.5. The van der Waals surface area contributed by atoms with Gasteiger partial charge < -0.3 is 20.7 Å². The van der Waals surface area contributed by atoms with E-state index in [4.69, 9.17) is 10.5 Å². The second-order valence-electron chi connectivity index (χ2n) is 7.77. The second-order valence-corrected chi connectivity index (χ2v) is 9.50. The standard InChI is InChI=1S/C25H28N4O5S/c1-29(19-12-14-20(34-2)15-13-19)25(31)22(16-18-8-4-3-5-9-18)28-24(30)17-27-35(32,33)23-11-7-6-10-21(23)26/h3-15,22,27H,16-17,26H2,1-2H3,(H,28,30)/t22-/m0/s1. The summed E-state index contributed by atoms with van der Waals surface area (Å²) >= 11 is 0. The lowest BCUT2D eigenvalue weighted by Crippen LogP contribution is -2.51. The van der Waals surface area contributed by atoms with Gasteiger partial charge >= 0.3 is 0 Å². The fourth-order valence-corrected chi connectivity index (χ4v) is 4.54. The first kappa shape index (κ1) is 25.7. The first-order valence-electron chi connectivity index (χ1n) is 10.8. The predicted octanol–water partition coefficient (Wildman–Crippen LogP) is 1.95. The lowest BCUT2D eigenvalue weighted by atomic mass is 10.0. The number of rotatable bonds is 10. The number of methoxy groups -OCH3 is 1. The molecule has 0 aromatic heterocycles. The Labute approximate surface area is 204 Å². The number of hydrogen-bond donors (Lipinski definition) is 3. The largest absolute Gasteiger partial charge is 0.497 e. The van der Waals surface area contributed by atoms with Gasteiger partial charge in [-0.2, -0.15) is 0 Å². The molecule has 0 aliphatic carbocycles. The highest BCUT2D eigenvalue weighted by Gasteiger charge is 2.26. The minimum Gasteiger partial charge on any atom is -0.497 e. The minimum absolute atomic E-state index is 0.0682. The van der Waals surface area contributed by atoms with Gasteiger partial charge in [0.25, 0.3) is 0 Å². The Kier molecular flexibility index (Phi) is 8.45. The van der Waals surface area contributed by atoms with Crippen molar-refractivity contribution < 1.29 is 22.7 Å². The molecule has 184 valence electrons. The molecule has 35 heavy (non-hydrogen) atoms. The molecule has 10 heteroatoms. The molecule has 0 heterocycles. The van der Waals surface area contributed by atoms with Crippen molar-refractivity contribution in [2.45, 2.75) is 17.4 Å². The molecular weight excluding hydrogens is 468 g/mol. The van der Waals surface area contributed by atoms with Gasteiger partial charge in [0.05, 0.1) is 19.3 Å². The van der Waals surface area contributed by atoms with Crippen LogP contribution in [0.15, 0.2) is 83.8 Å². The Bertz CT molecular complexity index is 1260. The van der Waals surface area contributed by atoms with Crippen LogP contribution in [-0.2, 0) is 26.0 Å². The Morgan fingerprint density at radius 1 is 0.971 bits per heavy atom. The third-order valence-corrected chi connectivity index (χ3v) is 6.81. The average Bonchev–Trinajstić information content (AvgIpc) is 2.87. The first-order valence-corrected chi connectivity index (χ1v) is 12.3. The van der Waals surface area contributed by atoms with E-state index in [1.54, 1.807) is 44.5 Å². The summed E-state index contributed by atoms with van der Waals surface area (Å²) in [6.45, 7) is -0.554. The average molecular weight is 497 g/mol. The summed E-state index contributed by atoms with van der Waals surface area (Å²) in [5.74, 6) is -0.363. The lowest BCUT2D eigenvalue weighted by molar-refractivity contribution is -0.126. The van der Waals surface area contributed by atoms with Crippen LogP contribution in [0.5, 0.6) is 5.75 Å². The lowest BCUT2D eigenvalue weighted by Gasteiger charge is -2.25. The van der Waals surface area contributed by atoms with Crippen molar-refractivity contribution in [3.05, 3.63) is 84.4 Å². The number of nitrogens with one attached hydrogen (secondary N) is 2. The highest BCUT2D eigenvalue weighted by atomic mass is 32.2. The van der Waals surface area contributed by atoms with E-state index in [0.29, 0.717) is 11.4 Å². The molecule has 1 atom stereocenters. The number of carbonyl (C=O) groups is 2. The summed E-state index contributed by atoms with van der Waals surface area (Å²) in [6.07, 6.45) is 0.226. The van der Waals surface area contributed by atoms with Crippen LogP contribution < -0.4 is 25.4 Å². The van der Waals surface area contributed by atoms with Crippen LogP contribution in [0.25, 0.3) is 0 Å². The number of carbonyl (C=O) groups excluding carboxylic acids is 2. The van der Waals surface area contributed by atoms with E-state index in [0.717, 1.165) is 5.56 Å². The Balaban J connectivity index is 1.74. The maximum absolute atomic E-state index is 13.3. The van der Waals surface area contributed by atoms with Gasteiger partial charge in [-0.1, -0.05) is 42.5 Å². The summed E-state index contributed by atoms with van der Waals surface area (Å²) in [5, 5.41) is 2.66. The molecule has 0 bridgehead atoms. The third-order valence-electron chi connectivity index (χ3n) is 5.34. The SMILES string of the molecule is COc1ccc(N(C)C(=O)[C@H](Cc2ccccc2)NC(=O)CNS(=O)(=O)c2ccccc2N)cc1. The van der Waals surface area contributed by atoms with Crippen molar-refractivity contribution in [1.29, 1.82) is 0 Å². The molecule has 0 aliphatic rings. The highest BCUT2D eigenvalue weighted by molar-refractivity contribution is 7.89. The van der Waals surface area contributed by atoms with E-state index in [9.17, 15) is 18.0 Å². The molecule has 0 spiro atoms. The van der Waals surface area contributed by atoms with Gasteiger partial charge in [0.1, 0.15) is 16.7 Å². The van der Waals surface area contributed by atoms with Crippen molar-refractivity contribution in [3.8, 4) is 5.75 Å². The van der Waals surface area contributed by atoms with Gasteiger partial charge in [0.15, 0.2) is 0 Å². The molecule has 3 aromatic rings. The zero-order valence-corrected chi connectivity index (χ0v) is 20.3. The molecule has 2 amide bonds. The number of nitrogens with zero attached hydrogens (tertiary/aromatic N) is 1. The van der Waals surface area contributed by atoms with Crippen LogP contribution in [-0.4, -0.2) is 47.0 Å². The zero-order valence-electron chi connectivity index (χ0n) is 19.5. The van der Waals surface area contributed by atoms with Gasteiger partial charge in [0.2, 0.25) is 21.8 Å². The number of sulfonamides is 1. The van der Waals surface area contributed by atoms with Crippen LogP contribution in [0.2, 0.25) is 0 Å². The van der Waals surface area contributed by atoms with E-state index in [1.165, 1.54) is 23.1 Å². The monoisotopic (exact) mass is 496 g/mol. The second kappa shape index (κ2) is 11.5. The number of nitrogen functional groups attached to an aromatic ring is 1. The normalized spacial score (nSPS) is 11.9. The number of ether oxygens (including phenoxy) is 1. The van der Waals surface area contributed by atoms with E-state index in [-0.39, 0.29) is 22.9 Å². The van der Waals surface area contributed by atoms with Gasteiger partial charge in [0, 0.05) is 19.2 Å². The molecule has 0 radical (unpaired) electrons. The third kappa shape index (κ3) is 6.81. The van der Waals surface area contributed by atoms with E-state index < -0.39 is 28.5 Å². The minimum atomic E-state index is -4.01. The summed E-state index contributed by atoms with van der Waals surface area (Å²) in [5.41, 5.74) is 7.27. The summed E-state index contributed by atoms with van der Waals surface area (Å²) in [6, 6.07) is 21.2. The quantitative estimate of drug-likeness (QED) is 0.368. The molecule has 0 saturated carbocycles. The van der Waals surface area contributed by atoms with Gasteiger partial charge in [-0.15, -0.1) is 0 Å². The topological polar surface area (TPSA) is 131 Å². The maximum atomic E-state index is 13.3. The van der Waals surface area contributed by atoms with Crippen LogP contribution in [0.4, 0.5) is 11.4 Å². The number of hydrogen-bond acceptors (Lipinski definition) is 6. The van der Waals surface area contributed by atoms with E-state index in [2.05, 4.69) is 10.0 Å². The number of nitrogens with two attached hydrogens (primary N) is 1. The molecule has 9 nitrogen and oxygen atoms in total. The number of anilines is 2. The molecular formula is C25H28N4O5S. The van der Waals surface area contributed by atoms with Crippen molar-refractivity contribution in [3.63, 3.8) is 0 Å². The molecule has 0 unspecified atom stereocenters. The van der Waals surface area contributed by atoms with Crippen molar-refractivity contribution >= 4 is 33.2 Å². The van der Waals surface area contributed by atoms with Gasteiger partial charge in [-0.05, 0) is 42.0 Å². The van der Waals surface area contributed by atoms with Crippen molar-refractivity contribution in [2.75, 3.05) is 31.3 Å². The van der Waals surface area contributed by atoms with Gasteiger partial charge in [-0.25, -0.2) is 13.1 Å². The van der Waals surface area contributed by atoms with Crippen LogP contribution in [0.3, 0.4) is 0 Å². The number of amides is 2. The summed E-state index contributed by atoms with van der Waals surface area (Å²) in [7, 11) is -0.852. The van der Waals surface area contributed by atoms with Crippen LogP contribution in [0.1, 0.15) is 5.56 Å². The smallest absolute Gasteiger partial charge is 0.249 e. The number of likely N-dealkylation sites (N-methyl/N-ethyl adjacent to an activating group) is 1. The van der Waals surface area contributed by atoms with Crippen molar-refractivity contribution in [2.24, 2.45) is 0 Å². The highest BCUT2D eigenvalue weighted by Crippen LogP contribution is 2.20. The molecule has 3 aromatic carbocycles. The van der Waals surface area contributed by atoms with Gasteiger partial charge in [-0.3, -0.25) is 9.59 Å². The fraction of sp³-hybridized carbons (Fsp3) is 0.200. The van der Waals surface area contributed by atoms with Crippen LogP contribution >= 0.6 is 0 Å². The first-order chi connectivity index (χ1) is 16.7. The van der Waals surface area contributed by atoms with Crippen LogP contribution in [0, 0.1) is 0 Å². The molecule has 0 saturated heterocycles. The molecule has 4 N–H and O–H groups in total. The maximum Gasteiger partial charge on any atom is 0.249 e. The number of para-hydroxylation sites is 1. The number of benzene rings is 3. The molecule has 0 fully saturated rings. The predicted molar refractivity (Wildman–Crippen MR) is 135 cm³/mol. The Hall–Kier alpha value is -3.89. The van der Waals surface area contributed by atoms with E-state index >= 15 is 0 Å².